The number of fused-ring (bicyclic) bond motifs is 1. The fraction of sp³-hybridized carbons (Fsp3) is 0.474. The van der Waals surface area contributed by atoms with E-state index in [0.29, 0.717) is 11.8 Å². The molecule has 0 radical (unpaired) electrons. The molecular weight excluding hydrogens is 318 g/mol. The number of nitrogens with two attached hydrogens (primary N) is 1. The minimum atomic E-state index is -0.507. The molecule has 2 aliphatic heterocycles. The third-order valence-electron chi connectivity index (χ3n) is 4.83. The molecule has 6 nitrogen and oxygen atoms in total. The second-order valence-corrected chi connectivity index (χ2v) is 6.63. The minimum absolute atomic E-state index is 0.0688. The maximum atomic E-state index is 12.4. The first-order valence-electron chi connectivity index (χ1n) is 8.84. The first-order chi connectivity index (χ1) is 12.1. The SMILES string of the molecule is NC(=O)COc1ccc(C=CC(=O)N2CCN3CCCCC3C2)cc1. The normalized spacial score (nSPS) is 21.1. The number of nitrogens with zero attached hydrogens (tertiary/aromatic N) is 2. The van der Waals surface area contributed by atoms with Crippen LogP contribution in [0.1, 0.15) is 24.8 Å². The summed E-state index contributed by atoms with van der Waals surface area (Å²) < 4.78 is 5.22. The fourth-order valence-corrected chi connectivity index (χ4v) is 3.46. The van der Waals surface area contributed by atoms with Crippen molar-refractivity contribution in [1.29, 1.82) is 0 Å². The average Bonchev–Trinajstić information content (AvgIpc) is 2.64. The van der Waals surface area contributed by atoms with Gasteiger partial charge < -0.3 is 15.4 Å². The van der Waals surface area contributed by atoms with Crippen LogP contribution in [0.25, 0.3) is 6.08 Å². The Kier molecular flexibility index (Phi) is 5.71. The van der Waals surface area contributed by atoms with Gasteiger partial charge in [-0.1, -0.05) is 18.6 Å². The second kappa shape index (κ2) is 8.16. The molecular formula is C19H25N3O3. The number of primary amides is 1. The van der Waals surface area contributed by atoms with E-state index >= 15 is 0 Å². The average molecular weight is 343 g/mol. The topological polar surface area (TPSA) is 75.9 Å². The summed E-state index contributed by atoms with van der Waals surface area (Å²) in [6.45, 7) is 3.66. The number of ether oxygens (including phenoxy) is 1. The summed E-state index contributed by atoms with van der Waals surface area (Å²) in [5.74, 6) is 0.141. The summed E-state index contributed by atoms with van der Waals surface area (Å²) in [6, 6.07) is 7.74. The molecule has 0 bridgehead atoms. The van der Waals surface area contributed by atoms with Gasteiger partial charge in [-0.25, -0.2) is 0 Å². The van der Waals surface area contributed by atoms with E-state index in [0.717, 1.165) is 25.2 Å². The molecule has 1 aromatic carbocycles. The van der Waals surface area contributed by atoms with Gasteiger partial charge in [-0.05, 0) is 43.2 Å². The van der Waals surface area contributed by atoms with Gasteiger partial charge >= 0.3 is 0 Å². The van der Waals surface area contributed by atoms with E-state index in [4.69, 9.17) is 10.5 Å². The minimum Gasteiger partial charge on any atom is -0.484 e. The smallest absolute Gasteiger partial charge is 0.255 e. The molecule has 0 aliphatic carbocycles. The van der Waals surface area contributed by atoms with Crippen molar-refractivity contribution in [3.63, 3.8) is 0 Å². The monoisotopic (exact) mass is 343 g/mol. The van der Waals surface area contributed by atoms with E-state index in [1.165, 1.54) is 25.8 Å². The van der Waals surface area contributed by atoms with Crippen molar-refractivity contribution in [2.24, 2.45) is 5.73 Å². The van der Waals surface area contributed by atoms with E-state index < -0.39 is 5.91 Å². The molecule has 1 unspecified atom stereocenters. The lowest BCUT2D eigenvalue weighted by atomic mass is 9.99. The fourth-order valence-electron chi connectivity index (χ4n) is 3.46. The van der Waals surface area contributed by atoms with Crippen LogP contribution in [0, 0.1) is 0 Å². The molecule has 2 amide bonds. The number of piperidine rings is 1. The van der Waals surface area contributed by atoms with Crippen molar-refractivity contribution in [3.05, 3.63) is 35.9 Å². The summed E-state index contributed by atoms with van der Waals surface area (Å²) in [5.41, 5.74) is 5.96. The van der Waals surface area contributed by atoms with Crippen LogP contribution in [-0.4, -0.2) is 60.4 Å². The Hall–Kier alpha value is -2.34. The number of hydrogen-bond donors (Lipinski definition) is 1. The summed E-state index contributed by atoms with van der Waals surface area (Å²) >= 11 is 0. The number of hydrogen-bond acceptors (Lipinski definition) is 4. The summed E-state index contributed by atoms with van der Waals surface area (Å²) in [6.07, 6.45) is 7.19. The summed E-state index contributed by atoms with van der Waals surface area (Å²) in [4.78, 5) is 27.6. The van der Waals surface area contributed by atoms with Crippen molar-refractivity contribution in [2.45, 2.75) is 25.3 Å². The van der Waals surface area contributed by atoms with Gasteiger partial charge in [0.2, 0.25) is 5.91 Å². The molecule has 1 atom stereocenters. The Morgan fingerprint density at radius 3 is 2.72 bits per heavy atom. The highest BCUT2D eigenvalue weighted by Crippen LogP contribution is 2.21. The van der Waals surface area contributed by atoms with E-state index in [-0.39, 0.29) is 12.5 Å². The molecule has 25 heavy (non-hydrogen) atoms. The summed E-state index contributed by atoms with van der Waals surface area (Å²) in [7, 11) is 0. The quantitative estimate of drug-likeness (QED) is 0.817. The Morgan fingerprint density at radius 2 is 1.96 bits per heavy atom. The van der Waals surface area contributed by atoms with Crippen LogP contribution in [0.5, 0.6) is 5.75 Å². The van der Waals surface area contributed by atoms with E-state index in [2.05, 4.69) is 4.90 Å². The Labute approximate surface area is 148 Å². The van der Waals surface area contributed by atoms with Crippen LogP contribution in [-0.2, 0) is 9.59 Å². The lowest BCUT2D eigenvalue weighted by Gasteiger charge is -2.43. The number of piperazine rings is 1. The van der Waals surface area contributed by atoms with Gasteiger partial charge in [-0.2, -0.15) is 0 Å². The lowest BCUT2D eigenvalue weighted by molar-refractivity contribution is -0.129. The number of rotatable bonds is 5. The summed E-state index contributed by atoms with van der Waals surface area (Å²) in [5, 5.41) is 0. The molecule has 0 spiro atoms. The van der Waals surface area contributed by atoms with Gasteiger partial charge in [0.15, 0.2) is 6.61 Å². The van der Waals surface area contributed by atoms with Gasteiger partial charge in [0.1, 0.15) is 5.75 Å². The molecule has 2 fully saturated rings. The van der Waals surface area contributed by atoms with E-state index in [1.807, 2.05) is 23.1 Å². The van der Waals surface area contributed by atoms with Gasteiger partial charge in [-0.15, -0.1) is 0 Å². The van der Waals surface area contributed by atoms with Crippen LogP contribution in [0.3, 0.4) is 0 Å². The zero-order chi connectivity index (χ0) is 17.6. The zero-order valence-corrected chi connectivity index (χ0v) is 14.4. The lowest BCUT2D eigenvalue weighted by Crippen LogP contribution is -2.55. The number of amides is 2. The maximum Gasteiger partial charge on any atom is 0.255 e. The van der Waals surface area contributed by atoms with Gasteiger partial charge in [0, 0.05) is 31.8 Å². The molecule has 2 aliphatic rings. The van der Waals surface area contributed by atoms with Crippen molar-refractivity contribution in [1.82, 2.24) is 9.80 Å². The predicted octanol–water partition coefficient (Wildman–Crippen LogP) is 1.26. The Bertz CT molecular complexity index is 642. The highest BCUT2D eigenvalue weighted by molar-refractivity contribution is 5.91. The van der Waals surface area contributed by atoms with Crippen molar-refractivity contribution in [3.8, 4) is 5.75 Å². The first kappa shape index (κ1) is 17.5. The Balaban J connectivity index is 1.52. The molecule has 1 aromatic rings. The van der Waals surface area contributed by atoms with Crippen molar-refractivity contribution >= 4 is 17.9 Å². The first-order valence-corrected chi connectivity index (χ1v) is 8.84. The van der Waals surface area contributed by atoms with Crippen LogP contribution >= 0.6 is 0 Å². The zero-order valence-electron chi connectivity index (χ0n) is 14.4. The van der Waals surface area contributed by atoms with Gasteiger partial charge in [0.25, 0.3) is 5.91 Å². The molecule has 0 saturated carbocycles. The molecule has 2 heterocycles. The Morgan fingerprint density at radius 1 is 1.16 bits per heavy atom. The molecule has 6 heteroatoms. The van der Waals surface area contributed by atoms with Crippen molar-refractivity contribution < 1.29 is 14.3 Å². The molecule has 2 saturated heterocycles. The van der Waals surface area contributed by atoms with Crippen molar-refractivity contribution in [2.75, 3.05) is 32.8 Å². The van der Waals surface area contributed by atoms with Crippen LogP contribution < -0.4 is 10.5 Å². The maximum absolute atomic E-state index is 12.4. The van der Waals surface area contributed by atoms with Crippen LogP contribution in [0.4, 0.5) is 0 Å². The van der Waals surface area contributed by atoms with Crippen LogP contribution in [0.15, 0.2) is 30.3 Å². The standard InChI is InChI=1S/C19H25N3O3/c20-18(23)14-25-17-7-4-15(5-8-17)6-9-19(24)22-12-11-21-10-2-1-3-16(21)13-22/h4-9,16H,1-3,10-14H2,(H2,20,23). The number of carbonyl (C=O) groups is 2. The van der Waals surface area contributed by atoms with Crippen LogP contribution in [0.2, 0.25) is 0 Å². The third-order valence-corrected chi connectivity index (χ3v) is 4.83. The highest BCUT2D eigenvalue weighted by atomic mass is 16.5. The predicted molar refractivity (Wildman–Crippen MR) is 96.0 cm³/mol. The molecule has 3 rings (SSSR count). The number of carbonyl (C=O) groups excluding carboxylic acids is 2. The molecule has 0 aromatic heterocycles. The van der Waals surface area contributed by atoms with E-state index in [1.54, 1.807) is 18.2 Å². The van der Waals surface area contributed by atoms with Gasteiger partial charge in [-0.3, -0.25) is 14.5 Å². The third kappa shape index (κ3) is 4.82. The molecule has 2 N–H and O–H groups in total. The highest BCUT2D eigenvalue weighted by Gasteiger charge is 2.30. The van der Waals surface area contributed by atoms with E-state index in [9.17, 15) is 9.59 Å². The largest absolute Gasteiger partial charge is 0.484 e. The second-order valence-electron chi connectivity index (χ2n) is 6.63. The van der Waals surface area contributed by atoms with Gasteiger partial charge in [0.05, 0.1) is 0 Å². The molecule has 134 valence electrons. The number of benzene rings is 1.